The van der Waals surface area contributed by atoms with Gasteiger partial charge in [0.05, 0.1) is 6.61 Å². The molecule has 5 nitrogen and oxygen atoms in total. The normalized spacial score (nSPS) is 10.5. The second kappa shape index (κ2) is 13.2. The maximum Gasteiger partial charge on any atom is 0.339 e. The van der Waals surface area contributed by atoms with E-state index in [4.69, 9.17) is 4.74 Å². The van der Waals surface area contributed by atoms with E-state index in [0.717, 1.165) is 32.1 Å². The van der Waals surface area contributed by atoms with E-state index in [0.29, 0.717) is 24.5 Å². The fourth-order valence-electron chi connectivity index (χ4n) is 2.71. The lowest BCUT2D eigenvalue weighted by Crippen LogP contribution is -2.24. The lowest BCUT2D eigenvalue weighted by atomic mass is 10.1. The molecule has 0 fully saturated rings. The van der Waals surface area contributed by atoms with Crippen molar-refractivity contribution in [1.29, 1.82) is 0 Å². The average Bonchev–Trinajstić information content (AvgIpc) is 2.64. The van der Waals surface area contributed by atoms with Crippen LogP contribution in [0.1, 0.15) is 92.4 Å². The predicted octanol–water partition coefficient (Wildman–Crippen LogP) is 5.04. The number of carbonyl (C=O) groups is 2. The minimum Gasteiger partial charge on any atom is -0.493 e. The second-order valence-electron chi connectivity index (χ2n) is 6.60. The van der Waals surface area contributed by atoms with E-state index in [2.05, 4.69) is 19.2 Å². The fourth-order valence-corrected chi connectivity index (χ4v) is 2.71. The summed E-state index contributed by atoms with van der Waals surface area (Å²) >= 11 is 0. The molecule has 0 bridgehead atoms. The molecular weight excluding hydrogens is 330 g/mol. The third-order valence-corrected chi connectivity index (χ3v) is 4.29. The van der Waals surface area contributed by atoms with Crippen LogP contribution in [-0.2, 0) is 0 Å². The first kappa shape index (κ1) is 22.0. The van der Waals surface area contributed by atoms with Crippen molar-refractivity contribution in [3.63, 3.8) is 0 Å². The molecule has 5 heteroatoms. The Morgan fingerprint density at radius 3 is 2.31 bits per heavy atom. The molecule has 0 unspecified atom stereocenters. The Balaban J connectivity index is 2.51. The number of aromatic carboxylic acids is 1. The van der Waals surface area contributed by atoms with Gasteiger partial charge in [0.15, 0.2) is 0 Å². The Hall–Kier alpha value is -2.04. The van der Waals surface area contributed by atoms with Gasteiger partial charge in [0.2, 0.25) is 0 Å². The molecule has 0 spiro atoms. The van der Waals surface area contributed by atoms with E-state index in [1.807, 2.05) is 0 Å². The van der Waals surface area contributed by atoms with E-state index in [9.17, 15) is 14.7 Å². The number of nitrogens with one attached hydrogen (secondary N) is 1. The molecule has 0 aromatic heterocycles. The summed E-state index contributed by atoms with van der Waals surface area (Å²) < 4.78 is 5.57. The van der Waals surface area contributed by atoms with Crippen LogP contribution in [0.15, 0.2) is 18.2 Å². The summed E-state index contributed by atoms with van der Waals surface area (Å²) in [6.45, 7) is 5.38. The third-order valence-electron chi connectivity index (χ3n) is 4.29. The van der Waals surface area contributed by atoms with Crippen molar-refractivity contribution in [1.82, 2.24) is 5.32 Å². The van der Waals surface area contributed by atoms with Crippen molar-refractivity contribution in [3.8, 4) is 5.75 Å². The van der Waals surface area contributed by atoms with E-state index in [1.165, 1.54) is 31.7 Å². The molecule has 0 radical (unpaired) electrons. The van der Waals surface area contributed by atoms with Gasteiger partial charge >= 0.3 is 5.97 Å². The number of rotatable bonds is 14. The van der Waals surface area contributed by atoms with Crippen LogP contribution < -0.4 is 10.1 Å². The van der Waals surface area contributed by atoms with E-state index in [1.54, 1.807) is 12.1 Å². The summed E-state index contributed by atoms with van der Waals surface area (Å²) in [5.74, 6) is -0.999. The molecule has 0 aliphatic heterocycles. The van der Waals surface area contributed by atoms with Crippen LogP contribution in [-0.4, -0.2) is 30.1 Å². The first-order valence-corrected chi connectivity index (χ1v) is 9.88. The Morgan fingerprint density at radius 1 is 0.962 bits per heavy atom. The molecule has 0 heterocycles. The van der Waals surface area contributed by atoms with Crippen molar-refractivity contribution in [2.24, 2.45) is 0 Å². The SMILES string of the molecule is CCCCCCCCNC(=O)c1ccc(OCCCCC)c(C(=O)O)c1. The van der Waals surface area contributed by atoms with Gasteiger partial charge in [0.1, 0.15) is 11.3 Å². The summed E-state index contributed by atoms with van der Waals surface area (Å²) in [4.78, 5) is 23.7. The van der Waals surface area contributed by atoms with Gasteiger partial charge in [-0.25, -0.2) is 4.79 Å². The second-order valence-corrected chi connectivity index (χ2v) is 6.60. The minimum absolute atomic E-state index is 0.0358. The number of amides is 1. The molecule has 26 heavy (non-hydrogen) atoms. The maximum absolute atomic E-state index is 12.2. The summed E-state index contributed by atoms with van der Waals surface area (Å²) in [5, 5.41) is 12.2. The predicted molar refractivity (Wildman–Crippen MR) is 104 cm³/mol. The first-order chi connectivity index (χ1) is 12.6. The fraction of sp³-hybridized carbons (Fsp3) is 0.619. The number of carbonyl (C=O) groups excluding carboxylic acids is 1. The standard InChI is InChI=1S/C21H33NO4/c1-3-5-7-8-9-10-14-22-20(23)17-12-13-19(18(16-17)21(24)25)26-15-11-6-4-2/h12-13,16H,3-11,14-15H2,1-2H3,(H,22,23)(H,24,25). The Labute approximate surface area is 157 Å². The Morgan fingerprint density at radius 2 is 1.62 bits per heavy atom. The zero-order valence-corrected chi connectivity index (χ0v) is 16.2. The molecule has 146 valence electrons. The van der Waals surface area contributed by atoms with Crippen molar-refractivity contribution in [2.75, 3.05) is 13.2 Å². The van der Waals surface area contributed by atoms with Gasteiger partial charge in [-0.2, -0.15) is 0 Å². The lowest BCUT2D eigenvalue weighted by molar-refractivity contribution is 0.0692. The average molecular weight is 363 g/mol. The summed E-state index contributed by atoms with van der Waals surface area (Å²) in [5.41, 5.74) is 0.392. The van der Waals surface area contributed by atoms with Gasteiger partial charge in [0, 0.05) is 12.1 Å². The molecule has 0 aliphatic rings. The lowest BCUT2D eigenvalue weighted by Gasteiger charge is -2.11. The molecule has 0 saturated carbocycles. The molecule has 1 rings (SSSR count). The van der Waals surface area contributed by atoms with Gasteiger partial charge in [-0.3, -0.25) is 4.79 Å². The van der Waals surface area contributed by atoms with Crippen LogP contribution in [0.2, 0.25) is 0 Å². The number of ether oxygens (including phenoxy) is 1. The van der Waals surface area contributed by atoms with Gasteiger partial charge in [0.25, 0.3) is 5.91 Å². The largest absolute Gasteiger partial charge is 0.493 e. The summed E-state index contributed by atoms with van der Waals surface area (Å²) in [7, 11) is 0. The molecule has 2 N–H and O–H groups in total. The van der Waals surface area contributed by atoms with Crippen LogP contribution in [0, 0.1) is 0 Å². The number of benzene rings is 1. The molecule has 1 aromatic rings. The smallest absolute Gasteiger partial charge is 0.339 e. The maximum atomic E-state index is 12.2. The highest BCUT2D eigenvalue weighted by atomic mass is 16.5. The molecule has 0 atom stereocenters. The molecule has 1 amide bonds. The number of hydrogen-bond acceptors (Lipinski definition) is 3. The van der Waals surface area contributed by atoms with Gasteiger partial charge in [-0.15, -0.1) is 0 Å². The molecule has 1 aromatic carbocycles. The highest BCUT2D eigenvalue weighted by molar-refractivity contribution is 5.98. The third kappa shape index (κ3) is 8.37. The molecule has 0 saturated heterocycles. The summed E-state index contributed by atoms with van der Waals surface area (Å²) in [6.07, 6.45) is 9.97. The zero-order chi connectivity index (χ0) is 19.2. The monoisotopic (exact) mass is 363 g/mol. The van der Waals surface area contributed by atoms with Gasteiger partial charge in [-0.05, 0) is 31.0 Å². The van der Waals surface area contributed by atoms with Crippen molar-refractivity contribution >= 4 is 11.9 Å². The van der Waals surface area contributed by atoms with Crippen LogP contribution >= 0.6 is 0 Å². The quantitative estimate of drug-likeness (QED) is 0.454. The highest BCUT2D eigenvalue weighted by Gasteiger charge is 2.15. The molecular formula is C21H33NO4. The summed E-state index contributed by atoms with van der Waals surface area (Å²) in [6, 6.07) is 4.60. The topological polar surface area (TPSA) is 75.6 Å². The number of unbranched alkanes of at least 4 members (excludes halogenated alkanes) is 7. The van der Waals surface area contributed by atoms with Crippen LogP contribution in [0.4, 0.5) is 0 Å². The number of carboxylic acid groups (broad SMARTS) is 1. The van der Waals surface area contributed by atoms with Crippen LogP contribution in [0.25, 0.3) is 0 Å². The van der Waals surface area contributed by atoms with Crippen molar-refractivity contribution in [3.05, 3.63) is 29.3 Å². The van der Waals surface area contributed by atoms with Crippen LogP contribution in [0.3, 0.4) is 0 Å². The van der Waals surface area contributed by atoms with E-state index < -0.39 is 5.97 Å². The first-order valence-electron chi connectivity index (χ1n) is 9.88. The van der Waals surface area contributed by atoms with Crippen LogP contribution in [0.5, 0.6) is 5.75 Å². The van der Waals surface area contributed by atoms with Crippen molar-refractivity contribution in [2.45, 2.75) is 71.6 Å². The van der Waals surface area contributed by atoms with Crippen molar-refractivity contribution < 1.29 is 19.4 Å². The van der Waals surface area contributed by atoms with Gasteiger partial charge in [-0.1, -0.05) is 58.8 Å². The van der Waals surface area contributed by atoms with Gasteiger partial charge < -0.3 is 15.2 Å². The Bertz CT molecular complexity index is 557. The highest BCUT2D eigenvalue weighted by Crippen LogP contribution is 2.21. The minimum atomic E-state index is -1.08. The Kier molecular flexibility index (Phi) is 11.2. The number of carboxylic acids is 1. The van der Waals surface area contributed by atoms with E-state index >= 15 is 0 Å². The zero-order valence-electron chi connectivity index (χ0n) is 16.2. The van der Waals surface area contributed by atoms with E-state index in [-0.39, 0.29) is 11.5 Å². The molecule has 0 aliphatic carbocycles. The number of hydrogen-bond donors (Lipinski definition) is 2.